The fourth-order valence-electron chi connectivity index (χ4n) is 0.940. The molecule has 76 valence electrons. The Morgan fingerprint density at radius 1 is 1.36 bits per heavy atom. The molecule has 0 radical (unpaired) electrons. The Kier molecular flexibility index (Phi) is 2.68. The van der Waals surface area contributed by atoms with Gasteiger partial charge in [-0.25, -0.2) is 0 Å². The van der Waals surface area contributed by atoms with Crippen LogP contribution in [0.15, 0.2) is 24.3 Å². The number of anilines is 1. The molecule has 0 aliphatic rings. The van der Waals surface area contributed by atoms with Crippen molar-refractivity contribution in [2.45, 2.75) is 12.8 Å². The van der Waals surface area contributed by atoms with Crippen LogP contribution in [0.1, 0.15) is 6.92 Å². The SMILES string of the molecule is CC(O)(O)Nc1ccc([N+](=O)[O-])cc1. The number of hydrogen-bond acceptors (Lipinski definition) is 5. The third-order valence-electron chi connectivity index (χ3n) is 1.46. The smallest absolute Gasteiger partial charge is 0.269 e. The fraction of sp³-hybridized carbons (Fsp3) is 0.250. The number of non-ortho nitro benzene ring substituents is 1. The van der Waals surface area contributed by atoms with Gasteiger partial charge in [-0.2, -0.15) is 0 Å². The molecule has 14 heavy (non-hydrogen) atoms. The average molecular weight is 198 g/mol. The Hall–Kier alpha value is -1.66. The Labute approximate surface area is 80.0 Å². The quantitative estimate of drug-likeness (QED) is 0.377. The first-order chi connectivity index (χ1) is 6.38. The van der Waals surface area contributed by atoms with Crippen molar-refractivity contribution < 1.29 is 15.1 Å². The highest BCUT2D eigenvalue weighted by atomic mass is 16.6. The van der Waals surface area contributed by atoms with Crippen LogP contribution in [0.5, 0.6) is 0 Å². The minimum Gasteiger partial charge on any atom is -0.349 e. The first-order valence-electron chi connectivity index (χ1n) is 3.86. The molecule has 1 aromatic rings. The predicted octanol–water partition coefficient (Wildman–Crippen LogP) is 0.665. The third kappa shape index (κ3) is 3.00. The van der Waals surface area contributed by atoms with E-state index in [2.05, 4.69) is 5.32 Å². The second-order valence-corrected chi connectivity index (χ2v) is 2.95. The number of hydrogen-bond donors (Lipinski definition) is 3. The Bertz CT molecular complexity index is 328. The van der Waals surface area contributed by atoms with E-state index in [1.165, 1.54) is 24.3 Å². The molecule has 0 heterocycles. The normalized spacial score (nSPS) is 11.1. The largest absolute Gasteiger partial charge is 0.349 e. The highest BCUT2D eigenvalue weighted by Gasteiger charge is 2.14. The summed E-state index contributed by atoms with van der Waals surface area (Å²) < 4.78 is 0. The maximum atomic E-state index is 10.3. The van der Waals surface area contributed by atoms with Gasteiger partial charge in [-0.1, -0.05) is 0 Å². The van der Waals surface area contributed by atoms with E-state index in [-0.39, 0.29) is 5.69 Å². The van der Waals surface area contributed by atoms with Gasteiger partial charge in [0, 0.05) is 24.7 Å². The number of aliphatic hydroxyl groups is 2. The summed E-state index contributed by atoms with van der Waals surface area (Å²) in [4.78, 5) is 9.76. The van der Waals surface area contributed by atoms with Gasteiger partial charge in [-0.05, 0) is 12.1 Å². The van der Waals surface area contributed by atoms with Gasteiger partial charge in [-0.3, -0.25) is 10.1 Å². The lowest BCUT2D eigenvalue weighted by atomic mass is 10.3. The van der Waals surface area contributed by atoms with Crippen molar-refractivity contribution in [1.29, 1.82) is 0 Å². The Morgan fingerprint density at radius 2 is 1.86 bits per heavy atom. The number of nitrogens with one attached hydrogen (secondary N) is 1. The summed E-state index contributed by atoms with van der Waals surface area (Å²) in [6.45, 7) is 1.15. The molecular weight excluding hydrogens is 188 g/mol. The second-order valence-electron chi connectivity index (χ2n) is 2.95. The van der Waals surface area contributed by atoms with E-state index < -0.39 is 10.8 Å². The highest BCUT2D eigenvalue weighted by Crippen LogP contribution is 2.17. The summed E-state index contributed by atoms with van der Waals surface area (Å²) in [7, 11) is 0. The van der Waals surface area contributed by atoms with Crippen molar-refractivity contribution >= 4 is 11.4 Å². The Balaban J connectivity index is 2.79. The van der Waals surface area contributed by atoms with Crippen LogP contribution in [0.25, 0.3) is 0 Å². The molecule has 6 heteroatoms. The van der Waals surface area contributed by atoms with Crippen molar-refractivity contribution in [1.82, 2.24) is 0 Å². The monoisotopic (exact) mass is 198 g/mol. The third-order valence-corrected chi connectivity index (χ3v) is 1.46. The number of nitro groups is 1. The standard InChI is InChI=1S/C8H10N2O4/c1-8(11,12)9-6-2-4-7(5-3-6)10(13)14/h2-5,9,11-12H,1H3. The lowest BCUT2D eigenvalue weighted by Crippen LogP contribution is -2.33. The molecule has 0 bridgehead atoms. The van der Waals surface area contributed by atoms with Gasteiger partial charge in [0.2, 0.25) is 5.91 Å². The highest BCUT2D eigenvalue weighted by molar-refractivity contribution is 5.49. The topological polar surface area (TPSA) is 95.6 Å². The van der Waals surface area contributed by atoms with Crippen LogP contribution in [0.4, 0.5) is 11.4 Å². The van der Waals surface area contributed by atoms with Crippen molar-refractivity contribution in [3.8, 4) is 0 Å². The summed E-state index contributed by atoms with van der Waals surface area (Å²) in [5, 5.41) is 30.5. The van der Waals surface area contributed by atoms with Crippen molar-refractivity contribution in [3.63, 3.8) is 0 Å². The van der Waals surface area contributed by atoms with Gasteiger partial charge in [0.1, 0.15) is 0 Å². The molecule has 0 saturated carbocycles. The van der Waals surface area contributed by atoms with E-state index in [0.29, 0.717) is 5.69 Å². The van der Waals surface area contributed by atoms with Gasteiger partial charge < -0.3 is 15.5 Å². The molecule has 0 fully saturated rings. The minimum absolute atomic E-state index is 0.0480. The summed E-state index contributed by atoms with van der Waals surface area (Å²) >= 11 is 0. The fourth-order valence-corrected chi connectivity index (χ4v) is 0.940. The number of benzene rings is 1. The van der Waals surface area contributed by atoms with Crippen molar-refractivity contribution in [2.24, 2.45) is 0 Å². The molecular formula is C8H10N2O4. The zero-order chi connectivity index (χ0) is 10.8. The molecule has 1 rings (SSSR count). The molecule has 1 aromatic carbocycles. The minimum atomic E-state index is -2.03. The van der Waals surface area contributed by atoms with Crippen LogP contribution < -0.4 is 5.32 Å². The van der Waals surface area contributed by atoms with E-state index in [4.69, 9.17) is 10.2 Å². The van der Waals surface area contributed by atoms with Crippen LogP contribution >= 0.6 is 0 Å². The lowest BCUT2D eigenvalue weighted by molar-refractivity contribution is -0.384. The maximum Gasteiger partial charge on any atom is 0.269 e. The number of nitro benzene ring substituents is 1. The van der Waals surface area contributed by atoms with Gasteiger partial charge in [-0.15, -0.1) is 0 Å². The first-order valence-corrected chi connectivity index (χ1v) is 3.86. The van der Waals surface area contributed by atoms with Gasteiger partial charge >= 0.3 is 0 Å². The molecule has 6 nitrogen and oxygen atoms in total. The van der Waals surface area contributed by atoms with Crippen molar-refractivity contribution in [2.75, 3.05) is 5.32 Å². The molecule has 0 amide bonds. The van der Waals surface area contributed by atoms with Crippen LogP contribution in [-0.2, 0) is 0 Å². The Morgan fingerprint density at radius 3 is 2.21 bits per heavy atom. The molecule has 0 aromatic heterocycles. The molecule has 0 unspecified atom stereocenters. The average Bonchev–Trinajstić information content (AvgIpc) is 2.02. The summed E-state index contributed by atoms with van der Waals surface area (Å²) in [6.07, 6.45) is 0. The summed E-state index contributed by atoms with van der Waals surface area (Å²) in [5.41, 5.74) is 0.344. The van der Waals surface area contributed by atoms with Crippen LogP contribution in [0, 0.1) is 10.1 Å². The lowest BCUT2D eigenvalue weighted by Gasteiger charge is -2.18. The van der Waals surface area contributed by atoms with E-state index in [0.717, 1.165) is 6.92 Å². The summed E-state index contributed by atoms with van der Waals surface area (Å²) in [6, 6.07) is 5.33. The molecule has 0 aliphatic heterocycles. The van der Waals surface area contributed by atoms with Gasteiger partial charge in [0.05, 0.1) is 4.92 Å². The van der Waals surface area contributed by atoms with Crippen LogP contribution in [0.2, 0.25) is 0 Å². The zero-order valence-electron chi connectivity index (χ0n) is 7.47. The zero-order valence-corrected chi connectivity index (χ0v) is 7.47. The maximum absolute atomic E-state index is 10.3. The van der Waals surface area contributed by atoms with Crippen LogP contribution in [0.3, 0.4) is 0 Å². The van der Waals surface area contributed by atoms with E-state index in [1.807, 2.05) is 0 Å². The number of nitrogens with zero attached hydrogens (tertiary/aromatic N) is 1. The summed E-state index contributed by atoms with van der Waals surface area (Å²) in [5.74, 6) is -2.03. The molecule has 0 spiro atoms. The van der Waals surface area contributed by atoms with E-state index in [1.54, 1.807) is 0 Å². The second kappa shape index (κ2) is 3.60. The molecule has 0 aliphatic carbocycles. The predicted molar refractivity (Wildman–Crippen MR) is 49.6 cm³/mol. The molecule has 0 atom stereocenters. The van der Waals surface area contributed by atoms with E-state index in [9.17, 15) is 10.1 Å². The van der Waals surface area contributed by atoms with Gasteiger partial charge in [0.15, 0.2) is 0 Å². The molecule has 3 N–H and O–H groups in total. The van der Waals surface area contributed by atoms with Crippen molar-refractivity contribution in [3.05, 3.63) is 34.4 Å². The van der Waals surface area contributed by atoms with Gasteiger partial charge in [0.25, 0.3) is 5.69 Å². The first kappa shape index (κ1) is 10.4. The van der Waals surface area contributed by atoms with E-state index >= 15 is 0 Å². The number of rotatable bonds is 3. The molecule has 0 saturated heterocycles. The van der Waals surface area contributed by atoms with Crippen LogP contribution in [-0.4, -0.2) is 21.0 Å².